The summed E-state index contributed by atoms with van der Waals surface area (Å²) in [4.78, 5) is 19.3. The molecule has 0 fully saturated rings. The van der Waals surface area contributed by atoms with Gasteiger partial charge in [0.25, 0.3) is 0 Å². The number of hydrogen-bond acceptors (Lipinski definition) is 3. The summed E-state index contributed by atoms with van der Waals surface area (Å²) >= 11 is 12.6. The van der Waals surface area contributed by atoms with Crippen LogP contribution in [0.4, 0.5) is 4.39 Å². The van der Waals surface area contributed by atoms with E-state index < -0.39 is 6.67 Å². The SMILES string of the molecule is CCN(CC)C(=O)Cc1c(-c2ccc(OCCCF)cc2)nc2c(Cl)cc(Cl)cn12. The lowest BCUT2D eigenvalue weighted by Gasteiger charge is -2.19. The highest BCUT2D eigenvalue weighted by Gasteiger charge is 2.21. The van der Waals surface area contributed by atoms with Crippen LogP contribution in [0.5, 0.6) is 5.75 Å². The second kappa shape index (κ2) is 10.1. The minimum Gasteiger partial charge on any atom is -0.493 e. The van der Waals surface area contributed by atoms with Crippen molar-refractivity contribution in [3.05, 3.63) is 52.3 Å². The van der Waals surface area contributed by atoms with Gasteiger partial charge in [-0.05, 0) is 44.2 Å². The summed E-state index contributed by atoms with van der Waals surface area (Å²) in [6, 6.07) is 8.98. The van der Waals surface area contributed by atoms with Crippen molar-refractivity contribution in [2.24, 2.45) is 0 Å². The lowest BCUT2D eigenvalue weighted by atomic mass is 10.1. The molecule has 1 amide bonds. The molecule has 0 aliphatic rings. The van der Waals surface area contributed by atoms with Crippen LogP contribution in [-0.4, -0.2) is 46.6 Å². The second-order valence-electron chi connectivity index (χ2n) is 6.77. The highest BCUT2D eigenvalue weighted by Crippen LogP contribution is 2.31. The average Bonchev–Trinajstić information content (AvgIpc) is 3.08. The number of alkyl halides is 1. The van der Waals surface area contributed by atoms with Gasteiger partial charge in [0.15, 0.2) is 5.65 Å². The van der Waals surface area contributed by atoms with Crippen molar-refractivity contribution in [1.82, 2.24) is 14.3 Å². The van der Waals surface area contributed by atoms with Crippen molar-refractivity contribution in [2.75, 3.05) is 26.4 Å². The first-order valence-corrected chi connectivity index (χ1v) is 10.7. The Morgan fingerprint density at radius 3 is 2.53 bits per heavy atom. The number of carbonyl (C=O) groups excluding carboxylic acids is 1. The fourth-order valence-corrected chi connectivity index (χ4v) is 3.82. The molecule has 3 rings (SSSR count). The number of rotatable bonds is 9. The summed E-state index contributed by atoms with van der Waals surface area (Å²) in [6.45, 7) is 5.08. The molecule has 8 heteroatoms. The maximum Gasteiger partial charge on any atom is 0.228 e. The molecule has 2 aromatic heterocycles. The smallest absolute Gasteiger partial charge is 0.228 e. The number of likely N-dealkylation sites (N-methyl/N-ethyl adjacent to an activating group) is 1. The monoisotopic (exact) mass is 451 g/mol. The summed E-state index contributed by atoms with van der Waals surface area (Å²) in [5, 5.41) is 0.876. The van der Waals surface area contributed by atoms with Gasteiger partial charge in [-0.15, -0.1) is 0 Å². The maximum absolute atomic E-state index is 12.8. The molecule has 0 saturated carbocycles. The van der Waals surface area contributed by atoms with E-state index in [1.54, 1.807) is 21.6 Å². The van der Waals surface area contributed by atoms with Gasteiger partial charge in [-0.1, -0.05) is 23.2 Å². The zero-order valence-electron chi connectivity index (χ0n) is 17.0. The molecular weight excluding hydrogens is 428 g/mol. The fraction of sp³-hybridized carbons (Fsp3) is 0.364. The molecule has 0 unspecified atom stereocenters. The van der Waals surface area contributed by atoms with E-state index in [9.17, 15) is 9.18 Å². The molecule has 0 aliphatic heterocycles. The molecule has 160 valence electrons. The molecule has 0 radical (unpaired) electrons. The van der Waals surface area contributed by atoms with Crippen molar-refractivity contribution in [3.8, 4) is 17.0 Å². The van der Waals surface area contributed by atoms with Crippen molar-refractivity contribution in [1.29, 1.82) is 0 Å². The number of benzene rings is 1. The molecular formula is C22H24Cl2FN3O2. The largest absolute Gasteiger partial charge is 0.493 e. The summed E-state index contributed by atoms with van der Waals surface area (Å²) in [7, 11) is 0. The number of pyridine rings is 1. The van der Waals surface area contributed by atoms with Crippen LogP contribution in [0, 0.1) is 0 Å². The Morgan fingerprint density at radius 1 is 1.20 bits per heavy atom. The number of amides is 1. The number of aromatic nitrogens is 2. The van der Waals surface area contributed by atoms with Crippen LogP contribution in [0.15, 0.2) is 36.5 Å². The van der Waals surface area contributed by atoms with Crippen molar-refractivity contribution in [3.63, 3.8) is 0 Å². The second-order valence-corrected chi connectivity index (χ2v) is 7.61. The summed E-state index contributed by atoms with van der Waals surface area (Å²) in [5.74, 6) is 0.656. The number of nitrogens with zero attached hydrogens (tertiary/aromatic N) is 3. The average molecular weight is 452 g/mol. The number of halogens is 3. The first-order chi connectivity index (χ1) is 14.5. The summed E-state index contributed by atoms with van der Waals surface area (Å²) in [5.41, 5.74) is 2.75. The van der Waals surface area contributed by atoms with Gasteiger partial charge in [-0.2, -0.15) is 0 Å². The predicted molar refractivity (Wildman–Crippen MR) is 118 cm³/mol. The molecule has 5 nitrogen and oxygen atoms in total. The summed E-state index contributed by atoms with van der Waals surface area (Å²) in [6.07, 6.45) is 2.24. The van der Waals surface area contributed by atoms with Crippen LogP contribution in [0.2, 0.25) is 10.0 Å². The first-order valence-electron chi connectivity index (χ1n) is 9.91. The van der Waals surface area contributed by atoms with Gasteiger partial charge in [0.2, 0.25) is 5.91 Å². The standard InChI is InChI=1S/C22H24Cl2FN3O2/c1-3-27(4-2)20(29)13-19-21(26-22-18(24)12-16(23)14-28(19)22)15-6-8-17(9-7-15)30-11-5-10-25/h6-9,12,14H,3-5,10-11,13H2,1-2H3. The Kier molecular flexibility index (Phi) is 7.56. The molecule has 30 heavy (non-hydrogen) atoms. The Hall–Kier alpha value is -2.31. The number of hydrogen-bond donors (Lipinski definition) is 0. The van der Waals surface area contributed by atoms with Crippen molar-refractivity contribution >= 4 is 34.8 Å². The molecule has 0 N–H and O–H groups in total. The minimum atomic E-state index is -0.410. The molecule has 1 aromatic carbocycles. The van der Waals surface area contributed by atoms with E-state index >= 15 is 0 Å². The first kappa shape index (κ1) is 22.4. The van der Waals surface area contributed by atoms with Crippen LogP contribution in [-0.2, 0) is 11.2 Å². The lowest BCUT2D eigenvalue weighted by Crippen LogP contribution is -2.32. The van der Waals surface area contributed by atoms with Gasteiger partial charge < -0.3 is 14.0 Å². The Balaban J connectivity index is 2.03. The van der Waals surface area contributed by atoms with Gasteiger partial charge in [-0.25, -0.2) is 4.98 Å². The highest BCUT2D eigenvalue weighted by molar-refractivity contribution is 6.36. The predicted octanol–water partition coefficient (Wildman–Crippen LogP) is 5.46. The van der Waals surface area contributed by atoms with Gasteiger partial charge in [0, 0.05) is 31.3 Å². The quantitative estimate of drug-likeness (QED) is 0.405. The lowest BCUT2D eigenvalue weighted by molar-refractivity contribution is -0.130. The number of fused-ring (bicyclic) bond motifs is 1. The van der Waals surface area contributed by atoms with E-state index in [0.717, 1.165) is 11.3 Å². The van der Waals surface area contributed by atoms with E-state index in [2.05, 4.69) is 0 Å². The van der Waals surface area contributed by atoms with Crippen LogP contribution in [0.1, 0.15) is 26.0 Å². The van der Waals surface area contributed by atoms with E-state index in [4.69, 9.17) is 32.9 Å². The highest BCUT2D eigenvalue weighted by atomic mass is 35.5. The van der Waals surface area contributed by atoms with E-state index in [-0.39, 0.29) is 12.3 Å². The minimum absolute atomic E-state index is 0.00493. The fourth-order valence-electron chi connectivity index (χ4n) is 3.30. The zero-order valence-corrected chi connectivity index (χ0v) is 18.5. The van der Waals surface area contributed by atoms with Gasteiger partial charge in [-0.3, -0.25) is 9.18 Å². The third-order valence-corrected chi connectivity index (χ3v) is 5.33. The van der Waals surface area contributed by atoms with Crippen LogP contribution in [0.3, 0.4) is 0 Å². The number of imidazole rings is 1. The Labute approximate surface area is 185 Å². The van der Waals surface area contributed by atoms with Gasteiger partial charge in [0.05, 0.1) is 41.1 Å². The van der Waals surface area contributed by atoms with E-state index in [1.165, 1.54) is 0 Å². The van der Waals surface area contributed by atoms with Crippen LogP contribution in [0.25, 0.3) is 16.9 Å². The molecule has 2 heterocycles. The van der Waals surface area contributed by atoms with Crippen molar-refractivity contribution in [2.45, 2.75) is 26.7 Å². The van der Waals surface area contributed by atoms with Gasteiger partial charge >= 0.3 is 0 Å². The number of ether oxygens (including phenoxy) is 1. The number of carbonyl (C=O) groups is 1. The Bertz CT molecular complexity index is 1020. The van der Waals surface area contributed by atoms with E-state index in [1.807, 2.05) is 38.1 Å². The van der Waals surface area contributed by atoms with E-state index in [0.29, 0.717) is 53.3 Å². The topological polar surface area (TPSA) is 46.8 Å². The van der Waals surface area contributed by atoms with Crippen LogP contribution >= 0.6 is 23.2 Å². The van der Waals surface area contributed by atoms with Crippen molar-refractivity contribution < 1.29 is 13.9 Å². The molecule has 0 saturated heterocycles. The molecule has 0 aliphatic carbocycles. The maximum atomic E-state index is 12.8. The zero-order chi connectivity index (χ0) is 21.7. The molecule has 3 aromatic rings. The molecule has 0 spiro atoms. The summed E-state index contributed by atoms with van der Waals surface area (Å²) < 4.78 is 19.6. The molecule has 0 atom stereocenters. The Morgan fingerprint density at radius 2 is 1.90 bits per heavy atom. The third kappa shape index (κ3) is 4.87. The molecule has 0 bridgehead atoms. The normalized spacial score (nSPS) is 11.1. The third-order valence-electron chi connectivity index (χ3n) is 4.85. The van der Waals surface area contributed by atoms with Gasteiger partial charge in [0.1, 0.15) is 5.75 Å². The van der Waals surface area contributed by atoms with Crippen LogP contribution < -0.4 is 4.74 Å².